The number of imidazole rings is 1. The van der Waals surface area contributed by atoms with Crippen molar-refractivity contribution < 1.29 is 14.7 Å². The maximum atomic E-state index is 13.0. The number of ketones is 1. The van der Waals surface area contributed by atoms with E-state index in [0.717, 1.165) is 40.8 Å². The van der Waals surface area contributed by atoms with Crippen molar-refractivity contribution in [3.8, 4) is 0 Å². The normalized spacial score (nSPS) is 11.0. The molecule has 0 bridgehead atoms. The third-order valence-corrected chi connectivity index (χ3v) is 5.19. The van der Waals surface area contributed by atoms with Crippen LogP contribution in [0.5, 0.6) is 0 Å². The molecular formula is C25H22N2O3. The Balaban J connectivity index is 1.68. The number of rotatable bonds is 7. The molecule has 0 saturated carbocycles. The molecule has 1 heterocycles. The maximum absolute atomic E-state index is 13.0. The number of nitrogens with one attached hydrogen (secondary N) is 1. The minimum Gasteiger partial charge on any atom is -0.478 e. The van der Waals surface area contributed by atoms with E-state index in [9.17, 15) is 14.7 Å². The molecule has 3 aromatic carbocycles. The van der Waals surface area contributed by atoms with Crippen LogP contribution in [0.1, 0.15) is 56.6 Å². The van der Waals surface area contributed by atoms with Crippen molar-refractivity contribution >= 4 is 22.8 Å². The Kier molecular flexibility index (Phi) is 5.44. The second-order valence-electron chi connectivity index (χ2n) is 7.29. The summed E-state index contributed by atoms with van der Waals surface area (Å²) in [5.41, 5.74) is 4.85. The number of aromatic amines is 1. The number of carbonyl (C=O) groups excluding carboxylic acids is 1. The number of H-pyrrole nitrogens is 1. The Morgan fingerprint density at radius 3 is 2.40 bits per heavy atom. The van der Waals surface area contributed by atoms with Gasteiger partial charge in [-0.1, -0.05) is 55.8 Å². The first kappa shape index (κ1) is 19.6. The number of nitrogens with zero attached hydrogens (tertiary/aromatic N) is 1. The number of fused-ring (bicyclic) bond motifs is 1. The van der Waals surface area contributed by atoms with Crippen LogP contribution in [0.3, 0.4) is 0 Å². The van der Waals surface area contributed by atoms with Crippen LogP contribution in [0.2, 0.25) is 0 Å². The molecule has 0 fully saturated rings. The van der Waals surface area contributed by atoms with Crippen molar-refractivity contribution in [2.24, 2.45) is 0 Å². The summed E-state index contributed by atoms with van der Waals surface area (Å²) in [6.07, 6.45) is 2.41. The summed E-state index contributed by atoms with van der Waals surface area (Å²) in [6.45, 7) is 2.10. The van der Waals surface area contributed by atoms with Gasteiger partial charge >= 0.3 is 5.97 Å². The molecule has 0 unspecified atom stereocenters. The van der Waals surface area contributed by atoms with E-state index in [4.69, 9.17) is 0 Å². The number of benzene rings is 3. The van der Waals surface area contributed by atoms with Crippen LogP contribution in [0.4, 0.5) is 0 Å². The smallest absolute Gasteiger partial charge is 0.336 e. The second kappa shape index (κ2) is 8.33. The van der Waals surface area contributed by atoms with E-state index in [-0.39, 0.29) is 16.9 Å². The lowest BCUT2D eigenvalue weighted by molar-refractivity contribution is 0.0693. The Bertz CT molecular complexity index is 1210. The third-order valence-electron chi connectivity index (χ3n) is 5.19. The molecule has 4 aromatic rings. The molecule has 5 heteroatoms. The van der Waals surface area contributed by atoms with Crippen LogP contribution in [-0.2, 0) is 12.8 Å². The van der Waals surface area contributed by atoms with Gasteiger partial charge in [0.1, 0.15) is 5.82 Å². The number of carbonyl (C=O) groups is 2. The minimum atomic E-state index is -1.10. The fourth-order valence-electron chi connectivity index (χ4n) is 3.73. The first-order valence-corrected chi connectivity index (χ1v) is 9.99. The Hall–Kier alpha value is -3.73. The van der Waals surface area contributed by atoms with Gasteiger partial charge in [-0.05, 0) is 41.8 Å². The molecule has 0 atom stereocenters. The zero-order chi connectivity index (χ0) is 21.1. The number of carboxylic acid groups (broad SMARTS) is 1. The van der Waals surface area contributed by atoms with E-state index in [1.54, 1.807) is 24.3 Å². The molecule has 0 aliphatic rings. The monoisotopic (exact) mass is 398 g/mol. The Morgan fingerprint density at radius 2 is 1.67 bits per heavy atom. The molecule has 0 spiro atoms. The molecule has 0 aliphatic carbocycles. The fraction of sp³-hybridized carbons (Fsp3) is 0.160. The number of aromatic nitrogens is 2. The van der Waals surface area contributed by atoms with Crippen LogP contribution < -0.4 is 0 Å². The summed E-state index contributed by atoms with van der Waals surface area (Å²) >= 11 is 0. The number of para-hydroxylation sites is 2. The number of aromatic carboxylic acids is 1. The number of hydrogen-bond acceptors (Lipinski definition) is 3. The van der Waals surface area contributed by atoms with E-state index < -0.39 is 5.97 Å². The molecule has 0 saturated heterocycles. The molecule has 0 radical (unpaired) electrons. The van der Waals surface area contributed by atoms with Crippen LogP contribution >= 0.6 is 0 Å². The SMILES string of the molecule is CCCc1cc(C(=O)c2ccccc2C(=O)O)ccc1Cc1nc2ccccc2[nH]1. The highest BCUT2D eigenvalue weighted by Gasteiger charge is 2.18. The maximum Gasteiger partial charge on any atom is 0.336 e. The van der Waals surface area contributed by atoms with Crippen LogP contribution in [-0.4, -0.2) is 26.8 Å². The van der Waals surface area contributed by atoms with Crippen LogP contribution in [0.25, 0.3) is 11.0 Å². The lowest BCUT2D eigenvalue weighted by atomic mass is 9.93. The zero-order valence-electron chi connectivity index (χ0n) is 16.7. The van der Waals surface area contributed by atoms with Crippen molar-refractivity contribution in [3.05, 3.63) is 100 Å². The Morgan fingerprint density at radius 1 is 0.933 bits per heavy atom. The highest BCUT2D eigenvalue weighted by atomic mass is 16.4. The van der Waals surface area contributed by atoms with Gasteiger partial charge in [0, 0.05) is 17.5 Å². The lowest BCUT2D eigenvalue weighted by Crippen LogP contribution is -2.10. The van der Waals surface area contributed by atoms with Gasteiger partial charge in [0.25, 0.3) is 0 Å². The van der Waals surface area contributed by atoms with Crippen molar-refractivity contribution in [2.45, 2.75) is 26.2 Å². The van der Waals surface area contributed by atoms with Gasteiger partial charge in [-0.25, -0.2) is 9.78 Å². The summed E-state index contributed by atoms with van der Waals surface area (Å²) in [5.74, 6) is -0.501. The van der Waals surface area contributed by atoms with Gasteiger partial charge in [-0.2, -0.15) is 0 Å². The van der Waals surface area contributed by atoms with Crippen LogP contribution in [0, 0.1) is 0 Å². The van der Waals surface area contributed by atoms with Gasteiger partial charge in [-0.15, -0.1) is 0 Å². The van der Waals surface area contributed by atoms with Crippen molar-refractivity contribution in [1.82, 2.24) is 9.97 Å². The van der Waals surface area contributed by atoms with E-state index in [2.05, 4.69) is 16.9 Å². The Labute approximate surface area is 174 Å². The summed E-state index contributed by atoms with van der Waals surface area (Å²) in [6, 6.07) is 19.9. The molecule has 0 amide bonds. The molecule has 5 nitrogen and oxygen atoms in total. The molecule has 0 aliphatic heterocycles. The third kappa shape index (κ3) is 3.87. The summed E-state index contributed by atoms with van der Waals surface area (Å²) in [7, 11) is 0. The van der Waals surface area contributed by atoms with Gasteiger partial charge < -0.3 is 10.1 Å². The highest BCUT2D eigenvalue weighted by molar-refractivity contribution is 6.14. The molecule has 4 rings (SSSR count). The first-order valence-electron chi connectivity index (χ1n) is 9.99. The van der Waals surface area contributed by atoms with Crippen molar-refractivity contribution in [2.75, 3.05) is 0 Å². The van der Waals surface area contributed by atoms with E-state index >= 15 is 0 Å². The molecule has 150 valence electrons. The standard InChI is InChI=1S/C25H22N2O3/c1-2-7-16-14-18(24(28)19-8-3-4-9-20(19)25(29)30)13-12-17(16)15-23-26-21-10-5-6-11-22(21)27-23/h3-6,8-14H,2,7,15H2,1H3,(H,26,27)(H,29,30). The number of hydrogen-bond donors (Lipinski definition) is 2. The highest BCUT2D eigenvalue weighted by Crippen LogP contribution is 2.22. The molecule has 1 aromatic heterocycles. The van der Waals surface area contributed by atoms with Crippen molar-refractivity contribution in [3.63, 3.8) is 0 Å². The predicted molar refractivity (Wildman–Crippen MR) is 116 cm³/mol. The fourth-order valence-corrected chi connectivity index (χ4v) is 3.73. The molecule has 2 N–H and O–H groups in total. The zero-order valence-corrected chi connectivity index (χ0v) is 16.7. The van der Waals surface area contributed by atoms with Crippen LogP contribution in [0.15, 0.2) is 66.7 Å². The quantitative estimate of drug-likeness (QED) is 0.428. The van der Waals surface area contributed by atoms with Crippen molar-refractivity contribution in [1.29, 1.82) is 0 Å². The van der Waals surface area contributed by atoms with Gasteiger partial charge in [0.05, 0.1) is 16.6 Å². The summed E-state index contributed by atoms with van der Waals surface area (Å²) < 4.78 is 0. The van der Waals surface area contributed by atoms with E-state index in [1.807, 2.05) is 36.4 Å². The van der Waals surface area contributed by atoms with Gasteiger partial charge in [-0.3, -0.25) is 4.79 Å². The average Bonchev–Trinajstić information content (AvgIpc) is 3.17. The topological polar surface area (TPSA) is 83.1 Å². The van der Waals surface area contributed by atoms with Gasteiger partial charge in [0.2, 0.25) is 0 Å². The number of aryl methyl sites for hydroxylation is 1. The minimum absolute atomic E-state index is 0.0193. The summed E-state index contributed by atoms with van der Waals surface area (Å²) in [4.78, 5) is 32.5. The second-order valence-corrected chi connectivity index (χ2v) is 7.29. The predicted octanol–water partition coefficient (Wildman–Crippen LogP) is 5.04. The molecular weight excluding hydrogens is 376 g/mol. The average molecular weight is 398 g/mol. The largest absolute Gasteiger partial charge is 0.478 e. The van der Waals surface area contributed by atoms with Gasteiger partial charge in [0.15, 0.2) is 5.78 Å². The van der Waals surface area contributed by atoms with E-state index in [1.165, 1.54) is 6.07 Å². The molecule has 30 heavy (non-hydrogen) atoms. The van der Waals surface area contributed by atoms with E-state index in [0.29, 0.717) is 12.0 Å². The number of carboxylic acids is 1. The lowest BCUT2D eigenvalue weighted by Gasteiger charge is -2.11. The summed E-state index contributed by atoms with van der Waals surface area (Å²) in [5, 5.41) is 9.41. The first-order chi connectivity index (χ1) is 14.6.